The third kappa shape index (κ3) is 6.21. The molecule has 0 aromatic rings. The molecule has 2 saturated heterocycles. The summed E-state index contributed by atoms with van der Waals surface area (Å²) in [6.07, 6.45) is -13.2. The molecule has 15 heteroatoms. The van der Waals surface area contributed by atoms with Crippen molar-refractivity contribution < 1.29 is 54.4 Å². The first-order valence-corrected chi connectivity index (χ1v) is 9.55. The molecule has 178 valence electrons. The van der Waals surface area contributed by atoms with Gasteiger partial charge in [0.25, 0.3) is 0 Å². The van der Waals surface area contributed by atoms with Gasteiger partial charge in [0.2, 0.25) is 5.91 Å². The molecule has 0 radical (unpaired) electrons. The number of amides is 1. The zero-order chi connectivity index (χ0) is 23.1. The Labute approximate surface area is 176 Å². The molecule has 0 spiro atoms. The molecule has 0 bridgehead atoms. The predicted octanol–water partition coefficient (Wildman–Crippen LogP) is -3.92. The van der Waals surface area contributed by atoms with Crippen LogP contribution in [0.5, 0.6) is 0 Å². The van der Waals surface area contributed by atoms with Crippen LogP contribution in [-0.4, -0.2) is 124 Å². The van der Waals surface area contributed by atoms with E-state index in [1.807, 2.05) is 0 Å². The standard InChI is InChI=1S/C16H28N4O11/c1-6(23)19-9-12(26)10(24)7(4-21)29-15(9)31-14-13(27)11(25)8(5-22)30-16(14)28-3-2-18-20-17/h7-16,21-22,24-27H,2-5H2,1H3,(H,19,23)/t7-,8-,9-,10-,11-,12-,13+,14+,15+,16+/m1/s1. The zero-order valence-electron chi connectivity index (χ0n) is 16.7. The summed E-state index contributed by atoms with van der Waals surface area (Å²) >= 11 is 0. The van der Waals surface area contributed by atoms with E-state index in [4.69, 9.17) is 24.5 Å². The molecule has 2 aliphatic heterocycles. The lowest BCUT2D eigenvalue weighted by molar-refractivity contribution is -0.354. The number of aliphatic hydroxyl groups is 6. The summed E-state index contributed by atoms with van der Waals surface area (Å²) < 4.78 is 22.0. The summed E-state index contributed by atoms with van der Waals surface area (Å²) in [6.45, 7) is -0.415. The number of aliphatic hydroxyl groups excluding tert-OH is 6. The first kappa shape index (κ1) is 25.6. The second kappa shape index (κ2) is 11.8. The second-order valence-corrected chi connectivity index (χ2v) is 7.07. The molecule has 2 fully saturated rings. The van der Waals surface area contributed by atoms with Crippen molar-refractivity contribution in [1.82, 2.24) is 5.32 Å². The number of azide groups is 1. The molecule has 0 unspecified atom stereocenters. The molecule has 2 heterocycles. The minimum atomic E-state index is -1.66. The fourth-order valence-corrected chi connectivity index (χ4v) is 3.33. The molecule has 0 aromatic heterocycles. The maximum atomic E-state index is 11.5. The van der Waals surface area contributed by atoms with Crippen molar-refractivity contribution in [1.29, 1.82) is 0 Å². The van der Waals surface area contributed by atoms with E-state index in [-0.39, 0.29) is 13.2 Å². The van der Waals surface area contributed by atoms with Gasteiger partial charge in [-0.3, -0.25) is 4.79 Å². The quantitative estimate of drug-likeness (QED) is 0.0772. The maximum absolute atomic E-state index is 11.5. The smallest absolute Gasteiger partial charge is 0.217 e. The molecule has 7 N–H and O–H groups in total. The Balaban J connectivity index is 2.24. The van der Waals surface area contributed by atoms with Gasteiger partial charge in [-0.25, -0.2) is 0 Å². The Hall–Kier alpha value is -1.62. The number of nitrogens with one attached hydrogen (secondary N) is 1. The van der Waals surface area contributed by atoms with E-state index in [1.165, 1.54) is 0 Å². The minimum absolute atomic E-state index is 0.0859. The van der Waals surface area contributed by atoms with Crippen molar-refractivity contribution in [2.75, 3.05) is 26.4 Å². The van der Waals surface area contributed by atoms with Crippen LogP contribution in [0, 0.1) is 0 Å². The van der Waals surface area contributed by atoms with E-state index in [1.54, 1.807) is 0 Å². The lowest BCUT2D eigenvalue weighted by Crippen LogP contribution is -2.67. The largest absolute Gasteiger partial charge is 0.394 e. The Bertz CT molecular complexity index is 637. The van der Waals surface area contributed by atoms with Crippen LogP contribution in [0.3, 0.4) is 0 Å². The van der Waals surface area contributed by atoms with Gasteiger partial charge in [0, 0.05) is 18.4 Å². The predicted molar refractivity (Wildman–Crippen MR) is 98.0 cm³/mol. The number of hydrogen-bond acceptors (Lipinski definition) is 12. The van der Waals surface area contributed by atoms with Crippen molar-refractivity contribution in [3.05, 3.63) is 10.4 Å². The summed E-state index contributed by atoms with van der Waals surface area (Å²) in [5, 5.41) is 65.6. The summed E-state index contributed by atoms with van der Waals surface area (Å²) in [4.78, 5) is 14.1. The molecule has 0 aromatic carbocycles. The molecule has 0 aliphatic carbocycles. The van der Waals surface area contributed by atoms with Crippen LogP contribution in [-0.2, 0) is 23.7 Å². The monoisotopic (exact) mass is 452 g/mol. The summed E-state index contributed by atoms with van der Waals surface area (Å²) in [7, 11) is 0. The number of carbonyl (C=O) groups is 1. The van der Waals surface area contributed by atoms with Crippen LogP contribution in [0.25, 0.3) is 10.4 Å². The van der Waals surface area contributed by atoms with Crippen LogP contribution in [0.15, 0.2) is 5.11 Å². The van der Waals surface area contributed by atoms with Crippen LogP contribution in [0.4, 0.5) is 0 Å². The van der Waals surface area contributed by atoms with Gasteiger partial charge < -0.3 is 54.9 Å². The molecular formula is C16H28N4O11. The Morgan fingerprint density at radius 1 is 1.03 bits per heavy atom. The van der Waals surface area contributed by atoms with Crippen LogP contribution in [0.1, 0.15) is 6.92 Å². The van der Waals surface area contributed by atoms with Gasteiger partial charge >= 0.3 is 0 Å². The Morgan fingerprint density at radius 2 is 1.61 bits per heavy atom. The Kier molecular flexibility index (Phi) is 9.80. The molecular weight excluding hydrogens is 424 g/mol. The third-order valence-corrected chi connectivity index (χ3v) is 4.90. The summed E-state index contributed by atoms with van der Waals surface area (Å²) in [5.41, 5.74) is 8.35. The lowest BCUT2D eigenvalue weighted by Gasteiger charge is -2.47. The molecule has 2 rings (SSSR count). The maximum Gasteiger partial charge on any atom is 0.217 e. The molecule has 31 heavy (non-hydrogen) atoms. The summed E-state index contributed by atoms with van der Waals surface area (Å²) in [6, 6.07) is -1.31. The van der Waals surface area contributed by atoms with Crippen molar-refractivity contribution in [2.24, 2.45) is 5.11 Å². The topological polar surface area (TPSA) is 236 Å². The van der Waals surface area contributed by atoms with E-state index in [9.17, 15) is 35.4 Å². The highest BCUT2D eigenvalue weighted by molar-refractivity contribution is 5.73. The molecule has 2 aliphatic rings. The first-order valence-electron chi connectivity index (χ1n) is 9.55. The van der Waals surface area contributed by atoms with Gasteiger partial charge in [-0.05, 0) is 5.53 Å². The fourth-order valence-electron chi connectivity index (χ4n) is 3.33. The number of ether oxygens (including phenoxy) is 4. The molecule has 15 nitrogen and oxygen atoms in total. The lowest BCUT2D eigenvalue weighted by atomic mass is 9.95. The highest BCUT2D eigenvalue weighted by Crippen LogP contribution is 2.29. The van der Waals surface area contributed by atoms with Gasteiger partial charge in [-0.1, -0.05) is 5.11 Å². The zero-order valence-corrected chi connectivity index (χ0v) is 16.7. The van der Waals surface area contributed by atoms with E-state index < -0.39 is 80.5 Å². The van der Waals surface area contributed by atoms with E-state index in [0.717, 1.165) is 6.92 Å². The SMILES string of the molecule is CC(=O)N[C@H]1[C@H](O[C@@H]2[C@@H](OCCN=[N+]=[N-])O[C@H](CO)[C@@H](O)[C@@H]2O)O[C@H](CO)[C@@H](O)[C@@H]1O. The second-order valence-electron chi connectivity index (χ2n) is 7.07. The third-order valence-electron chi connectivity index (χ3n) is 4.90. The molecule has 10 atom stereocenters. The fraction of sp³-hybridized carbons (Fsp3) is 0.938. The van der Waals surface area contributed by atoms with Gasteiger partial charge in [-0.2, -0.15) is 0 Å². The first-order chi connectivity index (χ1) is 14.7. The highest BCUT2D eigenvalue weighted by Gasteiger charge is 2.51. The van der Waals surface area contributed by atoms with Gasteiger partial charge in [-0.15, -0.1) is 0 Å². The number of hydrogen-bond donors (Lipinski definition) is 7. The number of carbonyl (C=O) groups excluding carboxylic acids is 1. The van der Waals surface area contributed by atoms with Gasteiger partial charge in [0.05, 0.1) is 19.8 Å². The van der Waals surface area contributed by atoms with Gasteiger partial charge in [0.15, 0.2) is 12.6 Å². The molecule has 1 amide bonds. The average Bonchev–Trinajstić information content (AvgIpc) is 2.74. The van der Waals surface area contributed by atoms with E-state index in [2.05, 4.69) is 15.3 Å². The molecule has 0 saturated carbocycles. The van der Waals surface area contributed by atoms with Gasteiger partial charge in [0.1, 0.15) is 48.8 Å². The average molecular weight is 452 g/mol. The van der Waals surface area contributed by atoms with Crippen LogP contribution in [0.2, 0.25) is 0 Å². The number of nitrogens with zero attached hydrogens (tertiary/aromatic N) is 3. The normalized spacial score (nSPS) is 40.7. The van der Waals surface area contributed by atoms with Crippen LogP contribution < -0.4 is 5.32 Å². The van der Waals surface area contributed by atoms with Crippen LogP contribution >= 0.6 is 0 Å². The minimum Gasteiger partial charge on any atom is -0.394 e. The van der Waals surface area contributed by atoms with Crippen molar-refractivity contribution >= 4 is 5.91 Å². The van der Waals surface area contributed by atoms with Crippen molar-refractivity contribution in [2.45, 2.75) is 68.3 Å². The number of rotatable bonds is 9. The Morgan fingerprint density at radius 3 is 2.16 bits per heavy atom. The van der Waals surface area contributed by atoms with E-state index in [0.29, 0.717) is 0 Å². The van der Waals surface area contributed by atoms with E-state index >= 15 is 0 Å². The van der Waals surface area contributed by atoms with Crippen molar-refractivity contribution in [3.63, 3.8) is 0 Å². The summed E-state index contributed by atoms with van der Waals surface area (Å²) in [5.74, 6) is -0.584. The van der Waals surface area contributed by atoms with Crippen molar-refractivity contribution in [3.8, 4) is 0 Å². The highest BCUT2D eigenvalue weighted by atomic mass is 16.7.